The molecule has 14 aromatic rings. The van der Waals surface area contributed by atoms with Gasteiger partial charge in [0.1, 0.15) is 41.7 Å². The summed E-state index contributed by atoms with van der Waals surface area (Å²) in [6, 6.07) is 43.3. The summed E-state index contributed by atoms with van der Waals surface area (Å²) < 4.78 is 113. The van der Waals surface area contributed by atoms with Gasteiger partial charge in [0.25, 0.3) is 0 Å². The van der Waals surface area contributed by atoms with Crippen LogP contribution in [0.4, 0.5) is 92.2 Å². The maximum atomic E-state index is 13.2. The normalized spacial score (nSPS) is 11.8. The molecule has 610 valence electrons. The molecule has 6 aromatic carbocycles. The number of benzene rings is 6. The van der Waals surface area contributed by atoms with E-state index < -0.39 is 40.1 Å². The molecule has 0 saturated carbocycles. The van der Waals surface area contributed by atoms with Crippen molar-refractivity contribution >= 4 is 149 Å². The molecule has 49 heteroatoms. The maximum absolute atomic E-state index is 13.2. The molecular formula is C68H78FN35O8S5. The predicted octanol–water partition coefficient (Wildman–Crippen LogP) is 5.40. The minimum atomic E-state index is -3.78. The van der Waals surface area contributed by atoms with Crippen LogP contribution in [0.1, 0.15) is 43.8 Å². The fourth-order valence-electron chi connectivity index (χ4n) is 10.2. The molecule has 0 aliphatic rings. The number of para-hydroxylation sites is 1. The van der Waals surface area contributed by atoms with Gasteiger partial charge in [-0.2, -0.15) is 38.7 Å². The lowest BCUT2D eigenvalue weighted by atomic mass is 10.1. The van der Waals surface area contributed by atoms with Gasteiger partial charge in [0, 0.05) is 66.6 Å². The van der Waals surface area contributed by atoms with Crippen molar-refractivity contribution in [3.05, 3.63) is 199 Å². The smallest absolute Gasteiger partial charge is 0.248 e. The SMILES string of the molecule is CC(C)CNc1cc(-n2nc(Nc3ccc(S(N)(=O)=O)cc3)nc2N)ncn1.CC(Nc1cc(-n2nc(Nc3ccc(S(N)(=O)=O)cc3)nc2N)ncn1)c1ccc(F)cc1.CNS(=O)(=O)Cc1ccc(Nc2nc(N)n(-c3nc4ccccc4s3)n2)cc1.Cc1nc(NCCN)cc(-n2nc(Nc3ccc(S(N)(=O)=O)cc3)nc2N)n1. The van der Waals surface area contributed by atoms with E-state index >= 15 is 0 Å². The molecule has 1 unspecified atom stereocenters. The Labute approximate surface area is 672 Å². The van der Waals surface area contributed by atoms with Gasteiger partial charge in [0.05, 0.1) is 30.7 Å². The number of anilines is 15. The van der Waals surface area contributed by atoms with Crippen molar-refractivity contribution in [3.63, 3.8) is 0 Å². The van der Waals surface area contributed by atoms with Crippen LogP contribution in [0, 0.1) is 18.7 Å². The topological polar surface area (TPSA) is 654 Å². The van der Waals surface area contributed by atoms with Crippen molar-refractivity contribution in [2.24, 2.45) is 27.1 Å². The van der Waals surface area contributed by atoms with Crippen molar-refractivity contribution in [1.82, 2.24) is 98.7 Å². The van der Waals surface area contributed by atoms with E-state index in [0.29, 0.717) is 99.1 Å². The number of thiazole rings is 1. The first-order valence-electron chi connectivity index (χ1n) is 34.5. The number of nitrogens with zero attached hydrogens (tertiary/aromatic N) is 19. The Balaban J connectivity index is 0.000000154. The summed E-state index contributed by atoms with van der Waals surface area (Å²) in [6.07, 6.45) is 2.77. The van der Waals surface area contributed by atoms with Gasteiger partial charge in [-0.3, -0.25) is 0 Å². The Hall–Kier alpha value is -13.7. The van der Waals surface area contributed by atoms with Gasteiger partial charge in [-0.15, -0.1) is 20.4 Å². The second-order valence-electron chi connectivity index (χ2n) is 25.2. The predicted molar refractivity (Wildman–Crippen MR) is 442 cm³/mol. The fraction of sp³-hybridized carbons (Fsp3) is 0.162. The van der Waals surface area contributed by atoms with Crippen molar-refractivity contribution in [1.29, 1.82) is 0 Å². The first-order valence-corrected chi connectivity index (χ1v) is 41.6. The van der Waals surface area contributed by atoms with Gasteiger partial charge in [-0.05, 0) is 147 Å². The Bertz CT molecular complexity index is 6230. The highest BCUT2D eigenvalue weighted by atomic mass is 32.2. The van der Waals surface area contributed by atoms with Crippen molar-refractivity contribution in [3.8, 4) is 22.6 Å². The van der Waals surface area contributed by atoms with E-state index in [4.69, 9.17) is 44.1 Å². The molecule has 8 heterocycles. The molecule has 0 aliphatic carbocycles. The minimum absolute atomic E-state index is 0.00465. The zero-order valence-corrected chi connectivity index (χ0v) is 66.6. The molecule has 117 heavy (non-hydrogen) atoms. The quantitative estimate of drug-likeness (QED) is 0.0306. The van der Waals surface area contributed by atoms with Gasteiger partial charge in [-0.1, -0.05) is 61.6 Å². The average Bonchev–Trinajstić information content (AvgIpc) is 1.62. The van der Waals surface area contributed by atoms with Crippen LogP contribution in [0.3, 0.4) is 0 Å². The monoisotopic (exact) mass is 1690 g/mol. The lowest BCUT2D eigenvalue weighted by Gasteiger charge is -2.15. The highest BCUT2D eigenvalue weighted by Gasteiger charge is 2.20. The third-order valence-corrected chi connectivity index (χ3v) is 21.0. The van der Waals surface area contributed by atoms with Crippen LogP contribution in [-0.4, -0.2) is 154 Å². The van der Waals surface area contributed by atoms with E-state index in [9.17, 15) is 38.1 Å². The number of aromatic nitrogens is 19. The van der Waals surface area contributed by atoms with Gasteiger partial charge >= 0.3 is 0 Å². The second kappa shape index (κ2) is 36.7. The van der Waals surface area contributed by atoms with E-state index in [1.165, 1.54) is 110 Å². The highest BCUT2D eigenvalue weighted by Crippen LogP contribution is 2.29. The van der Waals surface area contributed by atoms with E-state index in [1.807, 2.05) is 31.2 Å². The number of rotatable bonds is 27. The van der Waals surface area contributed by atoms with Gasteiger partial charge in [0.2, 0.25) is 92.8 Å². The Kier molecular flexibility index (Phi) is 26.4. The van der Waals surface area contributed by atoms with Crippen LogP contribution in [0.2, 0.25) is 0 Å². The number of fused-ring (bicyclic) bond motifs is 1. The number of halogens is 1. The molecule has 0 saturated heterocycles. The van der Waals surface area contributed by atoms with Crippen LogP contribution in [-0.2, 0) is 45.8 Å². The van der Waals surface area contributed by atoms with Crippen LogP contribution in [0.5, 0.6) is 0 Å². The van der Waals surface area contributed by atoms with Crippen LogP contribution >= 0.6 is 11.3 Å². The summed E-state index contributed by atoms with van der Waals surface area (Å²) in [5.41, 5.74) is 34.2. The Morgan fingerprint density at radius 3 is 1.33 bits per heavy atom. The molecule has 14 rings (SSSR count). The first kappa shape index (κ1) is 84.3. The highest BCUT2D eigenvalue weighted by molar-refractivity contribution is 7.89. The van der Waals surface area contributed by atoms with Gasteiger partial charge in [-0.25, -0.2) is 93.1 Å². The molecule has 0 aliphatic heterocycles. The first-order chi connectivity index (χ1) is 55.6. The van der Waals surface area contributed by atoms with Crippen molar-refractivity contribution in [2.75, 3.05) is 86.8 Å². The Morgan fingerprint density at radius 1 is 0.470 bits per heavy atom. The number of hydrogen-bond donors (Lipinski definition) is 16. The standard InChI is InChI=1S/C20H20FN9O2S.C17H17N7O2S2.C16H21N9O2S.C15H20N10O2S/c1-12(13-2-4-14(21)5-3-13)26-17-10-18(25-11-24-17)30-19(22)28-20(29-30)27-15-6-8-16(9-7-15)33(23,31)32;1-19-28(25,26)10-11-6-8-12(9-7-11)20-16-22-15(18)24(23-16)17-21-13-4-2-3-5-14(13)27-17;1-10(2)8-19-13-7-14(21-9-20-13)25-15(17)23-16(24-25)22-11-3-5-12(6-4-11)28(18,26)27;1-9-20-12(19-7-6-16)8-13(21-9)25-14(17)23-15(24-25)22-10-2-4-11(5-3-10)28(18,26)27/h2-12H,1H3,(H2,23,31,32)(H,24,25,26)(H3,22,27,28,29);2-9,19H,10H2,1H3,(H3,18,20,22,23);3-7,9-10H,8H2,1-2H3,(H2,18,26,27)(H,19,20,21)(H3,17,22,23,24);2-5,8H,6-7,16H2,1H3,(H2,18,26,27)(H,19,20,21)(H3,17,22,23,24). The third kappa shape index (κ3) is 23.3. The second-order valence-corrected chi connectivity index (χ2v) is 32.9. The zero-order valence-electron chi connectivity index (χ0n) is 62.5. The van der Waals surface area contributed by atoms with Crippen molar-refractivity contribution < 1.29 is 38.1 Å². The van der Waals surface area contributed by atoms with Gasteiger partial charge in [0.15, 0.2) is 17.5 Å². The van der Waals surface area contributed by atoms with Crippen LogP contribution in [0.25, 0.3) is 32.8 Å². The minimum Gasteiger partial charge on any atom is -0.370 e. The van der Waals surface area contributed by atoms with Crippen LogP contribution in [0.15, 0.2) is 191 Å². The molecule has 0 fully saturated rings. The fourth-order valence-corrected chi connectivity index (χ4v) is 13.4. The lowest BCUT2D eigenvalue weighted by molar-refractivity contribution is 0.586. The number of sulfonamides is 4. The number of hydrogen-bond acceptors (Lipinski definition) is 36. The van der Waals surface area contributed by atoms with E-state index in [-0.39, 0.29) is 73.9 Å². The average molecular weight is 1690 g/mol. The summed E-state index contributed by atoms with van der Waals surface area (Å²) in [7, 11) is -13.2. The largest absolute Gasteiger partial charge is 0.370 e. The number of nitrogens with two attached hydrogens (primary N) is 8. The van der Waals surface area contributed by atoms with Crippen molar-refractivity contribution in [2.45, 2.75) is 54.2 Å². The summed E-state index contributed by atoms with van der Waals surface area (Å²) in [4.78, 5) is 46.6. The summed E-state index contributed by atoms with van der Waals surface area (Å²) in [5.74, 6) is 5.16. The molecule has 43 nitrogen and oxygen atoms in total. The summed E-state index contributed by atoms with van der Waals surface area (Å²) >= 11 is 1.47. The number of aryl methyl sites for hydroxylation is 1. The van der Waals surface area contributed by atoms with E-state index in [2.05, 4.69) is 131 Å². The maximum Gasteiger partial charge on any atom is 0.248 e. The molecular weight excluding hydrogens is 1610 g/mol. The molecule has 0 bridgehead atoms. The van der Waals surface area contributed by atoms with Crippen LogP contribution < -0.4 is 86.0 Å². The summed E-state index contributed by atoms with van der Waals surface area (Å²) in [5, 5.41) is 54.6. The molecule has 0 spiro atoms. The number of nitrogens with one attached hydrogen (secondary N) is 8. The number of nitrogen functional groups attached to an aromatic ring is 4. The molecule has 8 aromatic heterocycles. The molecule has 0 amide bonds. The third-order valence-electron chi connectivity index (χ3n) is 15.8. The van der Waals surface area contributed by atoms with Gasteiger partial charge < -0.3 is 65.9 Å². The number of primary sulfonamides is 3. The molecule has 1 atom stereocenters. The zero-order chi connectivity index (χ0) is 83.9. The molecule has 0 radical (unpaired) electrons. The lowest BCUT2D eigenvalue weighted by Crippen LogP contribution is -2.20. The van der Waals surface area contributed by atoms with E-state index in [0.717, 1.165) is 22.3 Å². The summed E-state index contributed by atoms with van der Waals surface area (Å²) in [6.45, 7) is 9.64. The van der Waals surface area contributed by atoms with E-state index in [1.54, 1.807) is 85.8 Å². The molecule has 24 N–H and O–H groups in total. The Morgan fingerprint density at radius 2 is 0.889 bits per heavy atom.